The average molecular weight is 319 g/mol. The number of hydrogen-bond acceptors (Lipinski definition) is 3. The maximum atomic E-state index is 13.0. The van der Waals surface area contributed by atoms with Crippen molar-refractivity contribution >= 4 is 11.8 Å². The minimum Gasteiger partial charge on any atom is -0.344 e. The Morgan fingerprint density at radius 3 is 2.65 bits per heavy atom. The van der Waals surface area contributed by atoms with Crippen LogP contribution in [0.3, 0.4) is 0 Å². The summed E-state index contributed by atoms with van der Waals surface area (Å²) in [4.78, 5) is 27.9. The highest BCUT2D eigenvalue weighted by Crippen LogP contribution is 2.14. The van der Waals surface area contributed by atoms with Crippen LogP contribution in [0.15, 0.2) is 24.3 Å². The van der Waals surface area contributed by atoms with E-state index < -0.39 is 0 Å². The van der Waals surface area contributed by atoms with Gasteiger partial charge in [-0.25, -0.2) is 4.39 Å². The van der Waals surface area contributed by atoms with Crippen LogP contribution in [0.4, 0.5) is 4.39 Å². The molecule has 1 N–H and O–H groups in total. The zero-order valence-corrected chi connectivity index (χ0v) is 13.1. The predicted octanol–water partition coefficient (Wildman–Crippen LogP) is 1.14. The van der Waals surface area contributed by atoms with Gasteiger partial charge >= 0.3 is 0 Å². The highest BCUT2D eigenvalue weighted by atomic mass is 19.1. The predicted molar refractivity (Wildman–Crippen MR) is 84.0 cm³/mol. The molecule has 2 aliphatic heterocycles. The summed E-state index contributed by atoms with van der Waals surface area (Å²) in [6.07, 6.45) is 1.96. The van der Waals surface area contributed by atoms with Gasteiger partial charge in [-0.15, -0.1) is 0 Å². The molecule has 1 atom stereocenters. The number of amides is 2. The molecule has 0 aromatic heterocycles. The summed E-state index contributed by atoms with van der Waals surface area (Å²) in [5, 5.41) is 2.75. The molecular formula is C17H22FN3O2. The van der Waals surface area contributed by atoms with Crippen molar-refractivity contribution in [2.45, 2.75) is 31.8 Å². The number of nitrogens with zero attached hydrogens (tertiary/aromatic N) is 2. The van der Waals surface area contributed by atoms with Crippen LogP contribution in [-0.2, 0) is 16.1 Å². The molecular weight excluding hydrogens is 297 g/mol. The fourth-order valence-corrected chi connectivity index (χ4v) is 3.22. The average Bonchev–Trinajstić information content (AvgIpc) is 2.84. The second-order valence-corrected chi connectivity index (χ2v) is 6.24. The fourth-order valence-electron chi connectivity index (χ4n) is 3.22. The molecule has 3 rings (SSSR count). The Labute approximate surface area is 135 Å². The summed E-state index contributed by atoms with van der Waals surface area (Å²) in [5.74, 6) is -0.212. The van der Waals surface area contributed by atoms with Gasteiger partial charge in [0.25, 0.3) is 0 Å². The Balaban J connectivity index is 1.53. The molecule has 2 heterocycles. The lowest BCUT2D eigenvalue weighted by Crippen LogP contribution is -2.45. The van der Waals surface area contributed by atoms with E-state index in [4.69, 9.17) is 0 Å². The Kier molecular flexibility index (Phi) is 4.91. The smallest absolute Gasteiger partial charge is 0.245 e. The molecule has 2 aliphatic rings. The highest BCUT2D eigenvalue weighted by molar-refractivity contribution is 5.90. The molecule has 0 spiro atoms. The van der Waals surface area contributed by atoms with Crippen LogP contribution in [0.25, 0.3) is 0 Å². The van der Waals surface area contributed by atoms with E-state index in [1.165, 1.54) is 12.1 Å². The van der Waals surface area contributed by atoms with Gasteiger partial charge in [0, 0.05) is 39.1 Å². The number of nitrogens with one attached hydrogen (secondary N) is 1. The van der Waals surface area contributed by atoms with Gasteiger partial charge in [-0.3, -0.25) is 14.5 Å². The molecule has 0 bridgehead atoms. The number of carbonyl (C=O) groups excluding carboxylic acids is 2. The molecule has 2 fully saturated rings. The molecule has 0 radical (unpaired) electrons. The summed E-state index contributed by atoms with van der Waals surface area (Å²) in [5.41, 5.74) is 1.08. The summed E-state index contributed by atoms with van der Waals surface area (Å²) >= 11 is 0. The Bertz CT molecular complexity index is 576. The Morgan fingerprint density at radius 1 is 1.17 bits per heavy atom. The molecule has 2 amide bonds. The Hall–Kier alpha value is -1.95. The molecule has 2 saturated heterocycles. The maximum absolute atomic E-state index is 13.0. The van der Waals surface area contributed by atoms with Crippen molar-refractivity contribution in [3.63, 3.8) is 0 Å². The Morgan fingerprint density at radius 2 is 1.96 bits per heavy atom. The minimum atomic E-state index is -0.342. The molecule has 5 nitrogen and oxygen atoms in total. The van der Waals surface area contributed by atoms with Crippen LogP contribution >= 0.6 is 0 Å². The van der Waals surface area contributed by atoms with E-state index in [0.29, 0.717) is 19.4 Å². The second-order valence-electron chi connectivity index (χ2n) is 6.24. The molecule has 0 unspecified atom stereocenters. The van der Waals surface area contributed by atoms with Gasteiger partial charge in [0.2, 0.25) is 11.8 Å². The third kappa shape index (κ3) is 4.07. The molecule has 0 aliphatic carbocycles. The topological polar surface area (TPSA) is 52.7 Å². The second kappa shape index (κ2) is 7.08. The number of halogens is 1. The van der Waals surface area contributed by atoms with Crippen LogP contribution in [0.1, 0.15) is 24.8 Å². The van der Waals surface area contributed by atoms with Crippen molar-refractivity contribution in [3.05, 3.63) is 35.6 Å². The lowest BCUT2D eigenvalue weighted by atomic mass is 10.2. The van der Waals surface area contributed by atoms with E-state index in [1.807, 2.05) is 4.90 Å². The molecule has 1 aromatic rings. The van der Waals surface area contributed by atoms with Gasteiger partial charge < -0.3 is 10.2 Å². The number of benzene rings is 1. The monoisotopic (exact) mass is 319 g/mol. The van der Waals surface area contributed by atoms with E-state index >= 15 is 0 Å². The van der Waals surface area contributed by atoms with E-state index in [1.54, 1.807) is 12.1 Å². The zero-order chi connectivity index (χ0) is 16.2. The van der Waals surface area contributed by atoms with Crippen molar-refractivity contribution in [1.29, 1.82) is 0 Å². The number of rotatable bonds is 3. The van der Waals surface area contributed by atoms with Crippen molar-refractivity contribution in [3.8, 4) is 0 Å². The number of hydrogen-bond donors (Lipinski definition) is 1. The van der Waals surface area contributed by atoms with Gasteiger partial charge in [0.15, 0.2) is 0 Å². The summed E-state index contributed by atoms with van der Waals surface area (Å²) in [7, 11) is 0. The summed E-state index contributed by atoms with van der Waals surface area (Å²) < 4.78 is 13.0. The highest BCUT2D eigenvalue weighted by Gasteiger charge is 2.31. The van der Waals surface area contributed by atoms with Gasteiger partial charge in [-0.05, 0) is 30.5 Å². The van der Waals surface area contributed by atoms with Crippen molar-refractivity contribution in [2.75, 3.05) is 26.2 Å². The first-order chi connectivity index (χ1) is 11.1. The SMILES string of the molecule is O=C1CC[C@@H](C(=O)N2CCCN(Cc3ccc(F)cc3)CC2)N1. The van der Waals surface area contributed by atoms with Crippen LogP contribution in [0, 0.1) is 5.82 Å². The number of carbonyl (C=O) groups is 2. The standard InChI is InChI=1S/C17H22FN3O2/c18-14-4-2-13(3-5-14)12-20-8-1-9-21(11-10-20)17(23)15-6-7-16(22)19-15/h2-5,15H,1,6-12H2,(H,19,22)/t15-/m0/s1. The fraction of sp³-hybridized carbons (Fsp3) is 0.529. The molecule has 0 saturated carbocycles. The summed E-state index contributed by atoms with van der Waals surface area (Å²) in [6, 6.07) is 6.22. The molecule has 124 valence electrons. The lowest BCUT2D eigenvalue weighted by molar-refractivity contribution is -0.134. The van der Waals surface area contributed by atoms with Crippen molar-refractivity contribution in [2.24, 2.45) is 0 Å². The van der Waals surface area contributed by atoms with Crippen LogP contribution in [-0.4, -0.2) is 53.8 Å². The van der Waals surface area contributed by atoms with E-state index in [0.717, 1.165) is 38.2 Å². The van der Waals surface area contributed by atoms with Gasteiger partial charge in [0.1, 0.15) is 11.9 Å². The minimum absolute atomic E-state index is 0.0314. The first-order valence-electron chi connectivity index (χ1n) is 8.17. The molecule has 6 heteroatoms. The van der Waals surface area contributed by atoms with E-state index in [-0.39, 0.29) is 23.7 Å². The first-order valence-corrected chi connectivity index (χ1v) is 8.17. The summed E-state index contributed by atoms with van der Waals surface area (Å²) in [6.45, 7) is 3.88. The van der Waals surface area contributed by atoms with Crippen molar-refractivity contribution in [1.82, 2.24) is 15.1 Å². The quantitative estimate of drug-likeness (QED) is 0.909. The van der Waals surface area contributed by atoms with E-state index in [2.05, 4.69) is 10.2 Å². The third-order valence-electron chi connectivity index (χ3n) is 4.51. The normalized spacial score (nSPS) is 22.7. The van der Waals surface area contributed by atoms with Crippen molar-refractivity contribution < 1.29 is 14.0 Å². The zero-order valence-electron chi connectivity index (χ0n) is 13.1. The largest absolute Gasteiger partial charge is 0.344 e. The van der Waals surface area contributed by atoms with E-state index in [9.17, 15) is 14.0 Å². The third-order valence-corrected chi connectivity index (χ3v) is 4.51. The lowest BCUT2D eigenvalue weighted by Gasteiger charge is -2.24. The van der Waals surface area contributed by atoms with Gasteiger partial charge in [-0.2, -0.15) is 0 Å². The molecule has 1 aromatic carbocycles. The maximum Gasteiger partial charge on any atom is 0.245 e. The first kappa shape index (κ1) is 15.9. The van der Waals surface area contributed by atoms with Crippen LogP contribution < -0.4 is 5.32 Å². The van der Waals surface area contributed by atoms with Gasteiger partial charge in [-0.1, -0.05) is 12.1 Å². The van der Waals surface area contributed by atoms with Gasteiger partial charge in [0.05, 0.1) is 0 Å². The van der Waals surface area contributed by atoms with Crippen LogP contribution in [0.5, 0.6) is 0 Å². The molecule has 23 heavy (non-hydrogen) atoms. The van der Waals surface area contributed by atoms with Crippen LogP contribution in [0.2, 0.25) is 0 Å².